The summed E-state index contributed by atoms with van der Waals surface area (Å²) in [5, 5.41) is 15.5. The predicted molar refractivity (Wildman–Crippen MR) is 105 cm³/mol. The number of carbonyl (C=O) groups excluding carboxylic acids is 3. The van der Waals surface area contributed by atoms with Crippen molar-refractivity contribution in [3.8, 4) is 0 Å². The Balaban J connectivity index is 1.34. The van der Waals surface area contributed by atoms with Crippen LogP contribution in [0, 0.1) is 0 Å². The topological polar surface area (TPSA) is 116 Å². The van der Waals surface area contributed by atoms with Gasteiger partial charge in [-0.05, 0) is 11.6 Å². The maximum atomic E-state index is 12.2. The summed E-state index contributed by atoms with van der Waals surface area (Å²) in [6.45, 7) is 0.398. The first-order valence-electron chi connectivity index (χ1n) is 8.92. The molecule has 1 heterocycles. The lowest BCUT2D eigenvalue weighted by Gasteiger charge is -2.08. The van der Waals surface area contributed by atoms with E-state index in [9.17, 15) is 14.4 Å². The highest BCUT2D eigenvalue weighted by Crippen LogP contribution is 2.14. The quantitative estimate of drug-likeness (QED) is 0.433. The van der Waals surface area contributed by atoms with E-state index in [2.05, 4.69) is 26.1 Å². The minimum atomic E-state index is -0.319. The van der Waals surface area contributed by atoms with Gasteiger partial charge in [0.15, 0.2) is 5.69 Å². The zero-order valence-corrected chi connectivity index (χ0v) is 15.2. The van der Waals surface area contributed by atoms with Gasteiger partial charge in [0.1, 0.15) is 0 Å². The molecule has 0 aliphatic rings. The molecule has 0 atom stereocenters. The molecule has 0 radical (unpaired) electrons. The summed E-state index contributed by atoms with van der Waals surface area (Å²) in [5.41, 5.74) is 1.98. The Kier molecular flexibility index (Phi) is 6.35. The van der Waals surface area contributed by atoms with E-state index >= 15 is 0 Å². The molecular weight excluding hydrogens is 358 g/mol. The van der Waals surface area contributed by atoms with E-state index in [1.807, 2.05) is 54.6 Å². The van der Waals surface area contributed by atoms with Crippen LogP contribution in [0.25, 0.3) is 10.9 Å². The molecule has 144 valence electrons. The fourth-order valence-electron chi connectivity index (χ4n) is 2.68. The number of hydrogen-bond acceptors (Lipinski definition) is 4. The largest absolute Gasteiger partial charge is 0.353 e. The Morgan fingerprint density at radius 1 is 0.821 bits per heavy atom. The highest BCUT2D eigenvalue weighted by atomic mass is 16.2. The number of nitrogens with one attached hydrogen (secondary N) is 4. The van der Waals surface area contributed by atoms with Gasteiger partial charge in [-0.1, -0.05) is 48.5 Å². The van der Waals surface area contributed by atoms with Crippen LogP contribution in [-0.2, 0) is 16.0 Å². The molecule has 0 bridgehead atoms. The maximum Gasteiger partial charge on any atom is 0.272 e. The number of aromatic amines is 1. The Morgan fingerprint density at radius 3 is 2.36 bits per heavy atom. The number of para-hydroxylation sites is 1. The number of aromatic nitrogens is 2. The fourth-order valence-corrected chi connectivity index (χ4v) is 2.68. The summed E-state index contributed by atoms with van der Waals surface area (Å²) in [6.07, 6.45) is 0.224. The first-order valence-corrected chi connectivity index (χ1v) is 8.92. The van der Waals surface area contributed by atoms with E-state index in [0.29, 0.717) is 5.69 Å². The monoisotopic (exact) mass is 379 g/mol. The van der Waals surface area contributed by atoms with Crippen molar-refractivity contribution in [3.63, 3.8) is 0 Å². The number of nitrogens with zero attached hydrogens (tertiary/aromatic N) is 1. The van der Waals surface area contributed by atoms with Crippen molar-refractivity contribution in [3.05, 3.63) is 65.9 Å². The van der Waals surface area contributed by atoms with Crippen LogP contribution in [0.1, 0.15) is 16.1 Å². The molecule has 2 aromatic carbocycles. The predicted octanol–water partition coefficient (Wildman–Crippen LogP) is 0.768. The molecular formula is C20H21N5O3. The van der Waals surface area contributed by atoms with Crippen LogP contribution in [0.4, 0.5) is 0 Å². The van der Waals surface area contributed by atoms with Gasteiger partial charge in [-0.15, -0.1) is 0 Å². The Morgan fingerprint density at radius 2 is 1.54 bits per heavy atom. The smallest absolute Gasteiger partial charge is 0.272 e. The van der Waals surface area contributed by atoms with Crippen molar-refractivity contribution in [1.29, 1.82) is 0 Å². The van der Waals surface area contributed by atoms with Crippen molar-refractivity contribution in [2.75, 3.05) is 19.6 Å². The Labute approximate surface area is 161 Å². The number of fused-ring (bicyclic) bond motifs is 1. The zero-order chi connectivity index (χ0) is 19.8. The molecule has 0 fully saturated rings. The van der Waals surface area contributed by atoms with Crippen molar-refractivity contribution >= 4 is 28.6 Å². The number of H-pyrrole nitrogens is 1. The third-order valence-corrected chi connectivity index (χ3v) is 4.07. The molecule has 0 spiro atoms. The van der Waals surface area contributed by atoms with Gasteiger partial charge < -0.3 is 16.0 Å². The van der Waals surface area contributed by atoms with Crippen LogP contribution in [0.3, 0.4) is 0 Å². The minimum Gasteiger partial charge on any atom is -0.353 e. The second kappa shape index (κ2) is 9.31. The summed E-state index contributed by atoms with van der Waals surface area (Å²) >= 11 is 0. The number of rotatable bonds is 8. The lowest BCUT2D eigenvalue weighted by Crippen LogP contribution is -2.40. The SMILES string of the molecule is O=C(CNC(=O)Cc1ccccc1)NCCNC(=O)c1n[nH]c2ccccc12. The van der Waals surface area contributed by atoms with Gasteiger partial charge in [0.05, 0.1) is 18.5 Å². The maximum absolute atomic E-state index is 12.2. The van der Waals surface area contributed by atoms with Crippen LogP contribution < -0.4 is 16.0 Å². The van der Waals surface area contributed by atoms with Gasteiger partial charge in [-0.25, -0.2) is 0 Å². The number of carbonyl (C=O) groups is 3. The van der Waals surface area contributed by atoms with E-state index in [1.54, 1.807) is 0 Å². The van der Waals surface area contributed by atoms with Gasteiger partial charge in [-0.3, -0.25) is 19.5 Å². The third-order valence-electron chi connectivity index (χ3n) is 4.07. The van der Waals surface area contributed by atoms with Crippen LogP contribution in [0.2, 0.25) is 0 Å². The van der Waals surface area contributed by atoms with Crippen molar-refractivity contribution < 1.29 is 14.4 Å². The van der Waals surface area contributed by atoms with E-state index in [-0.39, 0.29) is 43.8 Å². The van der Waals surface area contributed by atoms with Gasteiger partial charge in [0.2, 0.25) is 11.8 Å². The second-order valence-electron chi connectivity index (χ2n) is 6.16. The molecule has 0 saturated carbocycles. The lowest BCUT2D eigenvalue weighted by atomic mass is 10.1. The Hall–Kier alpha value is -3.68. The summed E-state index contributed by atoms with van der Waals surface area (Å²) in [4.78, 5) is 35.8. The average Bonchev–Trinajstić information content (AvgIpc) is 3.14. The molecule has 3 amide bonds. The highest BCUT2D eigenvalue weighted by molar-refractivity contribution is 6.04. The second-order valence-corrected chi connectivity index (χ2v) is 6.16. The molecule has 0 aliphatic carbocycles. The van der Waals surface area contributed by atoms with E-state index in [4.69, 9.17) is 0 Å². The van der Waals surface area contributed by atoms with E-state index in [0.717, 1.165) is 16.5 Å². The van der Waals surface area contributed by atoms with E-state index in [1.165, 1.54) is 0 Å². The number of hydrogen-bond donors (Lipinski definition) is 4. The van der Waals surface area contributed by atoms with Crippen molar-refractivity contribution in [2.45, 2.75) is 6.42 Å². The van der Waals surface area contributed by atoms with E-state index < -0.39 is 0 Å². The molecule has 0 aliphatic heterocycles. The molecule has 3 rings (SSSR count). The standard InChI is InChI=1S/C20H21N5O3/c26-17(12-14-6-2-1-3-7-14)23-13-18(27)21-10-11-22-20(28)19-15-8-4-5-9-16(15)24-25-19/h1-9H,10-13H2,(H,21,27)(H,22,28)(H,23,26)(H,24,25). The molecule has 0 unspecified atom stereocenters. The fraction of sp³-hybridized carbons (Fsp3) is 0.200. The Bertz CT molecular complexity index is 968. The normalized spacial score (nSPS) is 10.4. The minimum absolute atomic E-state index is 0.108. The van der Waals surface area contributed by atoms with Crippen LogP contribution in [0.15, 0.2) is 54.6 Å². The van der Waals surface area contributed by atoms with Crippen LogP contribution in [0.5, 0.6) is 0 Å². The molecule has 8 heteroatoms. The number of amides is 3. The first-order chi connectivity index (χ1) is 13.6. The van der Waals surface area contributed by atoms with Gasteiger partial charge >= 0.3 is 0 Å². The summed E-state index contributed by atoms with van der Waals surface area (Å²) in [7, 11) is 0. The lowest BCUT2D eigenvalue weighted by molar-refractivity contribution is -0.125. The molecule has 8 nitrogen and oxygen atoms in total. The highest BCUT2D eigenvalue weighted by Gasteiger charge is 2.13. The average molecular weight is 379 g/mol. The molecule has 4 N–H and O–H groups in total. The van der Waals surface area contributed by atoms with Crippen LogP contribution in [-0.4, -0.2) is 47.6 Å². The first kappa shape index (κ1) is 19.1. The molecule has 3 aromatic rings. The van der Waals surface area contributed by atoms with Crippen LogP contribution >= 0.6 is 0 Å². The molecule has 0 saturated heterocycles. The summed E-state index contributed by atoms with van der Waals surface area (Å²) < 4.78 is 0. The van der Waals surface area contributed by atoms with Gasteiger partial charge in [0.25, 0.3) is 5.91 Å². The van der Waals surface area contributed by atoms with Gasteiger partial charge in [0, 0.05) is 18.5 Å². The van der Waals surface area contributed by atoms with Crippen molar-refractivity contribution in [2.24, 2.45) is 0 Å². The summed E-state index contributed by atoms with van der Waals surface area (Å²) in [6, 6.07) is 16.6. The summed E-state index contributed by atoms with van der Waals surface area (Å²) in [5.74, 6) is -0.858. The van der Waals surface area contributed by atoms with Gasteiger partial charge in [-0.2, -0.15) is 5.10 Å². The third kappa shape index (κ3) is 5.16. The van der Waals surface area contributed by atoms with Crippen molar-refractivity contribution in [1.82, 2.24) is 26.1 Å². The molecule has 1 aromatic heterocycles. The number of benzene rings is 2. The zero-order valence-electron chi connectivity index (χ0n) is 15.2. The molecule has 28 heavy (non-hydrogen) atoms.